The summed E-state index contributed by atoms with van der Waals surface area (Å²) < 4.78 is 34.9. The summed E-state index contributed by atoms with van der Waals surface area (Å²) in [4.78, 5) is 27.6. The van der Waals surface area contributed by atoms with Crippen LogP contribution in [-0.2, 0) is 26.2 Å². The molecular formula is C27H29BrClN3O5S. The summed E-state index contributed by atoms with van der Waals surface area (Å²) in [6.45, 7) is 3.47. The Bertz CT molecular complexity index is 1370. The first kappa shape index (κ1) is 29.5. The first-order chi connectivity index (χ1) is 18.1. The first-order valence-electron chi connectivity index (χ1n) is 11.8. The third-order valence-electron chi connectivity index (χ3n) is 5.77. The van der Waals surface area contributed by atoms with Crippen LogP contribution >= 0.6 is 27.5 Å². The van der Waals surface area contributed by atoms with E-state index in [1.165, 1.54) is 36.2 Å². The van der Waals surface area contributed by atoms with Gasteiger partial charge >= 0.3 is 0 Å². The van der Waals surface area contributed by atoms with E-state index in [-0.39, 0.29) is 23.0 Å². The van der Waals surface area contributed by atoms with Gasteiger partial charge in [-0.05, 0) is 80.1 Å². The van der Waals surface area contributed by atoms with Crippen LogP contribution in [0.25, 0.3) is 0 Å². The van der Waals surface area contributed by atoms with Crippen LogP contribution in [0.15, 0.2) is 82.2 Å². The third-order valence-corrected chi connectivity index (χ3v) is 8.31. The van der Waals surface area contributed by atoms with E-state index in [9.17, 15) is 18.0 Å². The largest absolute Gasteiger partial charge is 0.494 e. The molecule has 0 bridgehead atoms. The smallest absolute Gasteiger partial charge is 0.264 e. The van der Waals surface area contributed by atoms with Crippen molar-refractivity contribution in [2.75, 3.05) is 24.5 Å². The second-order valence-electron chi connectivity index (χ2n) is 8.33. The Labute approximate surface area is 236 Å². The number of halogens is 2. The Balaban J connectivity index is 2.03. The van der Waals surface area contributed by atoms with Crippen LogP contribution in [0.3, 0.4) is 0 Å². The van der Waals surface area contributed by atoms with E-state index in [4.69, 9.17) is 16.3 Å². The molecule has 0 aromatic heterocycles. The van der Waals surface area contributed by atoms with Crippen molar-refractivity contribution in [2.45, 2.75) is 31.3 Å². The molecule has 3 aromatic rings. The van der Waals surface area contributed by atoms with Crippen molar-refractivity contribution in [3.8, 4) is 5.75 Å². The zero-order valence-corrected chi connectivity index (χ0v) is 24.4. The summed E-state index contributed by atoms with van der Waals surface area (Å²) in [7, 11) is -2.69. The van der Waals surface area contributed by atoms with Crippen molar-refractivity contribution in [1.29, 1.82) is 0 Å². The van der Waals surface area contributed by atoms with E-state index in [1.807, 2.05) is 31.2 Å². The molecular weight excluding hydrogens is 594 g/mol. The molecule has 0 saturated carbocycles. The molecule has 0 radical (unpaired) electrons. The molecule has 2 amide bonds. The minimum Gasteiger partial charge on any atom is -0.494 e. The molecule has 3 aromatic carbocycles. The van der Waals surface area contributed by atoms with Gasteiger partial charge in [0.2, 0.25) is 11.8 Å². The van der Waals surface area contributed by atoms with Crippen molar-refractivity contribution in [3.05, 3.63) is 87.9 Å². The van der Waals surface area contributed by atoms with Crippen LogP contribution < -0.4 is 14.4 Å². The minimum atomic E-state index is -4.18. The van der Waals surface area contributed by atoms with Gasteiger partial charge in [0.25, 0.3) is 10.0 Å². The van der Waals surface area contributed by atoms with Crippen LogP contribution in [0.1, 0.15) is 19.4 Å². The monoisotopic (exact) mass is 621 g/mol. The molecule has 8 nitrogen and oxygen atoms in total. The van der Waals surface area contributed by atoms with Crippen molar-refractivity contribution in [1.82, 2.24) is 10.2 Å². The molecule has 0 spiro atoms. The highest BCUT2D eigenvalue weighted by Gasteiger charge is 2.32. The number of sulfonamides is 1. The fraction of sp³-hybridized carbons (Fsp3) is 0.259. The lowest BCUT2D eigenvalue weighted by atomic mass is 10.1. The molecule has 3 rings (SSSR count). The van der Waals surface area contributed by atoms with Crippen molar-refractivity contribution in [2.24, 2.45) is 0 Å². The number of likely N-dealkylation sites (N-methyl/N-ethyl adjacent to an activating group) is 1. The lowest BCUT2D eigenvalue weighted by molar-refractivity contribution is -0.139. The normalized spacial score (nSPS) is 11.9. The number of ether oxygens (including phenoxy) is 1. The third kappa shape index (κ3) is 7.27. The van der Waals surface area contributed by atoms with Gasteiger partial charge in [0.1, 0.15) is 18.3 Å². The number of anilines is 1. The molecule has 0 aliphatic heterocycles. The average molecular weight is 623 g/mol. The number of hydrogen-bond donors (Lipinski definition) is 1. The van der Waals surface area contributed by atoms with E-state index in [0.29, 0.717) is 17.4 Å². The average Bonchev–Trinajstić information content (AvgIpc) is 2.90. The number of rotatable bonds is 11. The molecule has 0 heterocycles. The molecule has 1 unspecified atom stereocenters. The Hall–Kier alpha value is -3.08. The molecule has 38 heavy (non-hydrogen) atoms. The Morgan fingerprint density at radius 3 is 2.29 bits per heavy atom. The Morgan fingerprint density at radius 1 is 1.05 bits per heavy atom. The highest BCUT2D eigenvalue weighted by molar-refractivity contribution is 9.10. The second kappa shape index (κ2) is 13.1. The Morgan fingerprint density at radius 2 is 1.71 bits per heavy atom. The molecule has 0 aliphatic rings. The van der Waals surface area contributed by atoms with Gasteiger partial charge in [-0.15, -0.1) is 0 Å². The summed E-state index contributed by atoms with van der Waals surface area (Å²) in [6.07, 6.45) is 0. The van der Waals surface area contributed by atoms with E-state index < -0.39 is 28.5 Å². The molecule has 0 saturated heterocycles. The fourth-order valence-electron chi connectivity index (χ4n) is 3.76. The molecule has 1 N–H and O–H groups in total. The standard InChI is InChI=1S/C27H29BrClN3O5S/c1-4-37-24-12-10-23(11-13-24)32(38(35,36)25-14-8-22(29)9-15-25)18-26(33)31(19(2)27(34)30-3)17-20-6-5-7-21(28)16-20/h5-16,19H,4,17-18H2,1-3H3,(H,30,34). The van der Waals surface area contributed by atoms with Crippen LogP contribution in [0.2, 0.25) is 5.02 Å². The number of carbonyl (C=O) groups is 2. The molecule has 202 valence electrons. The van der Waals surface area contributed by atoms with Gasteiger partial charge in [0, 0.05) is 23.1 Å². The van der Waals surface area contributed by atoms with Gasteiger partial charge in [-0.2, -0.15) is 0 Å². The Kier molecular flexibility index (Phi) is 10.2. The fourth-order valence-corrected chi connectivity index (χ4v) is 5.75. The maximum Gasteiger partial charge on any atom is 0.264 e. The van der Waals surface area contributed by atoms with Gasteiger partial charge in [0.15, 0.2) is 0 Å². The highest BCUT2D eigenvalue weighted by Crippen LogP contribution is 2.27. The molecule has 0 aliphatic carbocycles. The predicted octanol–water partition coefficient (Wildman–Crippen LogP) is 4.86. The lowest BCUT2D eigenvalue weighted by Crippen LogP contribution is -2.50. The van der Waals surface area contributed by atoms with Crippen molar-refractivity contribution in [3.63, 3.8) is 0 Å². The summed E-state index contributed by atoms with van der Waals surface area (Å²) in [5, 5.41) is 2.94. The van der Waals surface area contributed by atoms with Gasteiger partial charge in [-0.25, -0.2) is 8.42 Å². The van der Waals surface area contributed by atoms with Gasteiger partial charge in [-0.1, -0.05) is 39.7 Å². The summed E-state index contributed by atoms with van der Waals surface area (Å²) >= 11 is 9.40. The summed E-state index contributed by atoms with van der Waals surface area (Å²) in [6, 6.07) is 18.6. The van der Waals surface area contributed by atoms with Crippen molar-refractivity contribution < 1.29 is 22.7 Å². The van der Waals surface area contributed by atoms with Gasteiger partial charge in [0.05, 0.1) is 17.2 Å². The van der Waals surface area contributed by atoms with E-state index in [2.05, 4.69) is 21.2 Å². The number of carbonyl (C=O) groups excluding carboxylic acids is 2. The zero-order chi connectivity index (χ0) is 27.9. The maximum atomic E-state index is 13.8. The minimum absolute atomic E-state index is 0.0264. The predicted molar refractivity (Wildman–Crippen MR) is 152 cm³/mol. The SMILES string of the molecule is CCOc1ccc(N(CC(=O)N(Cc2cccc(Br)c2)C(C)C(=O)NC)S(=O)(=O)c2ccc(Cl)cc2)cc1. The van der Waals surface area contributed by atoms with Crippen LogP contribution in [0.4, 0.5) is 5.69 Å². The number of nitrogens with one attached hydrogen (secondary N) is 1. The van der Waals surface area contributed by atoms with E-state index >= 15 is 0 Å². The van der Waals surface area contributed by atoms with Crippen LogP contribution in [0.5, 0.6) is 5.75 Å². The maximum absolute atomic E-state index is 13.8. The summed E-state index contributed by atoms with van der Waals surface area (Å²) in [5.74, 6) is -0.357. The molecule has 1 atom stereocenters. The van der Waals surface area contributed by atoms with Gasteiger partial charge in [-0.3, -0.25) is 13.9 Å². The second-order valence-corrected chi connectivity index (χ2v) is 11.5. The topological polar surface area (TPSA) is 96.0 Å². The molecule has 0 fully saturated rings. The van der Waals surface area contributed by atoms with Gasteiger partial charge < -0.3 is 15.0 Å². The highest BCUT2D eigenvalue weighted by atomic mass is 79.9. The number of amides is 2. The zero-order valence-electron chi connectivity index (χ0n) is 21.2. The van der Waals surface area contributed by atoms with Crippen molar-refractivity contribution >= 4 is 55.1 Å². The number of hydrogen-bond acceptors (Lipinski definition) is 5. The first-order valence-corrected chi connectivity index (χ1v) is 14.4. The molecule has 11 heteroatoms. The summed E-state index contributed by atoms with van der Waals surface area (Å²) in [5.41, 5.74) is 1.04. The number of nitrogens with zero attached hydrogens (tertiary/aromatic N) is 2. The van der Waals surface area contributed by atoms with E-state index in [1.54, 1.807) is 31.2 Å². The van der Waals surface area contributed by atoms with E-state index in [0.717, 1.165) is 14.3 Å². The van der Waals surface area contributed by atoms with Crippen LogP contribution in [0, 0.1) is 0 Å². The number of benzene rings is 3. The van der Waals surface area contributed by atoms with Crippen LogP contribution in [-0.4, -0.2) is 51.4 Å². The lowest BCUT2D eigenvalue weighted by Gasteiger charge is -2.31. The quantitative estimate of drug-likeness (QED) is 0.330.